The summed E-state index contributed by atoms with van der Waals surface area (Å²) in [5, 5.41) is 0.564. The van der Waals surface area contributed by atoms with Gasteiger partial charge in [-0.3, -0.25) is 9.36 Å². The highest BCUT2D eigenvalue weighted by Crippen LogP contribution is 2.38. The van der Waals surface area contributed by atoms with Crippen LogP contribution in [0.3, 0.4) is 0 Å². The lowest BCUT2D eigenvalue weighted by Crippen LogP contribution is -2.33. The average Bonchev–Trinajstić information content (AvgIpc) is 3.26. The number of methoxy groups -OCH3 is 2. The number of nitrogens with zero attached hydrogens (tertiary/aromatic N) is 2. The summed E-state index contributed by atoms with van der Waals surface area (Å²) in [6, 6.07) is 9.78. The quantitative estimate of drug-likeness (QED) is 0.270. The zero-order chi connectivity index (χ0) is 26.9. The third-order valence-electron chi connectivity index (χ3n) is 6.13. The predicted octanol–water partition coefficient (Wildman–Crippen LogP) is 6.26. The fraction of sp³-hybridized carbons (Fsp3) is 0.286. The monoisotopic (exact) mass is 528 g/mol. The molecule has 9 heteroatoms. The Morgan fingerprint density at radius 3 is 2.27 bits per heavy atom. The second kappa shape index (κ2) is 10.6. The highest BCUT2D eigenvalue weighted by Gasteiger charge is 2.35. The molecule has 0 spiro atoms. The molecular formula is C28H27ClF2N2O4. The number of rotatable bonds is 8. The van der Waals surface area contributed by atoms with Crippen molar-refractivity contribution in [2.75, 3.05) is 27.4 Å². The van der Waals surface area contributed by atoms with Crippen LogP contribution >= 0.6 is 11.6 Å². The Morgan fingerprint density at radius 1 is 1.03 bits per heavy atom. The van der Waals surface area contributed by atoms with Gasteiger partial charge >= 0.3 is 0 Å². The van der Waals surface area contributed by atoms with E-state index in [0.717, 1.165) is 23.3 Å². The number of aryl methyl sites for hydroxylation is 2. The van der Waals surface area contributed by atoms with Crippen LogP contribution in [-0.2, 0) is 14.9 Å². The van der Waals surface area contributed by atoms with Crippen LogP contribution in [0.4, 0.5) is 8.78 Å². The van der Waals surface area contributed by atoms with E-state index in [1.54, 1.807) is 38.6 Å². The normalized spacial score (nSPS) is 11.8. The van der Waals surface area contributed by atoms with E-state index in [9.17, 15) is 13.6 Å². The molecule has 2 aromatic heterocycles. The molecule has 0 atom stereocenters. The summed E-state index contributed by atoms with van der Waals surface area (Å²) in [4.78, 5) is 17.7. The standard InChI is InChI=1S/C28H27ClF2N2O4/c1-16-10-19(29)11-17(2)25(16)33-13-18(6-9-23(33)34)24-26(21-8-7-20(30)12-22(21)31)37-27(32-24)28(3,14-35-4)15-36-5/h6-13H,14-15H2,1-5H3. The number of hydrogen-bond donors (Lipinski definition) is 0. The van der Waals surface area contributed by atoms with Gasteiger partial charge in [0, 0.05) is 43.1 Å². The fourth-order valence-corrected chi connectivity index (χ4v) is 4.84. The highest BCUT2D eigenvalue weighted by atomic mass is 35.5. The minimum absolute atomic E-state index is 0.0314. The van der Waals surface area contributed by atoms with Crippen molar-refractivity contribution in [2.45, 2.75) is 26.2 Å². The number of hydrogen-bond acceptors (Lipinski definition) is 5. The first kappa shape index (κ1) is 26.7. The second-order valence-electron chi connectivity index (χ2n) is 9.26. The van der Waals surface area contributed by atoms with Crippen molar-refractivity contribution in [2.24, 2.45) is 0 Å². The zero-order valence-corrected chi connectivity index (χ0v) is 22.0. The number of oxazole rings is 1. The molecule has 0 N–H and O–H groups in total. The molecule has 0 bridgehead atoms. The van der Waals surface area contributed by atoms with E-state index < -0.39 is 17.0 Å². The third kappa shape index (κ3) is 5.23. The number of aromatic nitrogens is 2. The van der Waals surface area contributed by atoms with Gasteiger partial charge in [-0.05, 0) is 62.2 Å². The van der Waals surface area contributed by atoms with Gasteiger partial charge < -0.3 is 13.9 Å². The number of ether oxygens (including phenoxy) is 2. The van der Waals surface area contributed by atoms with Crippen molar-refractivity contribution >= 4 is 11.6 Å². The first-order chi connectivity index (χ1) is 17.6. The van der Waals surface area contributed by atoms with Gasteiger partial charge in [-0.2, -0.15) is 0 Å². The summed E-state index contributed by atoms with van der Waals surface area (Å²) in [5.74, 6) is -1.17. The van der Waals surface area contributed by atoms with Crippen molar-refractivity contribution in [3.63, 3.8) is 0 Å². The van der Waals surface area contributed by atoms with Crippen LogP contribution in [0.15, 0.2) is 57.9 Å². The van der Waals surface area contributed by atoms with Crippen LogP contribution < -0.4 is 5.56 Å². The highest BCUT2D eigenvalue weighted by molar-refractivity contribution is 6.30. The van der Waals surface area contributed by atoms with E-state index in [1.807, 2.05) is 20.8 Å². The Morgan fingerprint density at radius 2 is 1.68 bits per heavy atom. The lowest BCUT2D eigenvalue weighted by Gasteiger charge is -2.24. The Labute approximate surface area is 218 Å². The Hall–Kier alpha value is -3.33. The molecule has 194 valence electrons. The molecule has 0 saturated heterocycles. The Kier molecular flexibility index (Phi) is 7.64. The van der Waals surface area contributed by atoms with Crippen molar-refractivity contribution in [1.29, 1.82) is 0 Å². The van der Waals surface area contributed by atoms with Crippen LogP contribution in [0.5, 0.6) is 0 Å². The molecule has 37 heavy (non-hydrogen) atoms. The molecule has 0 fully saturated rings. The smallest absolute Gasteiger partial charge is 0.255 e. The van der Waals surface area contributed by atoms with Gasteiger partial charge in [0.15, 0.2) is 5.76 Å². The van der Waals surface area contributed by atoms with Gasteiger partial charge in [-0.25, -0.2) is 13.8 Å². The maximum atomic E-state index is 14.9. The Balaban J connectivity index is 1.98. The molecule has 0 unspecified atom stereocenters. The molecular weight excluding hydrogens is 502 g/mol. The minimum atomic E-state index is -0.804. The summed E-state index contributed by atoms with van der Waals surface area (Å²) in [6.07, 6.45) is 1.63. The van der Waals surface area contributed by atoms with E-state index in [4.69, 9.17) is 30.5 Å². The van der Waals surface area contributed by atoms with Gasteiger partial charge in [0.1, 0.15) is 17.3 Å². The van der Waals surface area contributed by atoms with Crippen molar-refractivity contribution < 1.29 is 22.7 Å². The molecule has 4 aromatic rings. The lowest BCUT2D eigenvalue weighted by molar-refractivity contribution is 0.0548. The molecule has 2 aromatic carbocycles. The van der Waals surface area contributed by atoms with Crippen molar-refractivity contribution in [3.8, 4) is 28.3 Å². The minimum Gasteiger partial charge on any atom is -0.439 e. The second-order valence-corrected chi connectivity index (χ2v) is 9.70. The summed E-state index contributed by atoms with van der Waals surface area (Å²) in [7, 11) is 3.09. The molecule has 4 rings (SSSR count). The molecule has 6 nitrogen and oxygen atoms in total. The fourth-order valence-electron chi connectivity index (χ4n) is 4.52. The SMILES string of the molecule is COCC(C)(COC)c1nc(-c2ccc(=O)n(-c3c(C)cc(Cl)cc3C)c2)c(-c2ccc(F)cc2F)o1. The number of benzene rings is 2. The van der Waals surface area contributed by atoms with E-state index in [-0.39, 0.29) is 41.7 Å². The first-order valence-corrected chi connectivity index (χ1v) is 11.9. The molecule has 0 radical (unpaired) electrons. The molecule has 2 heterocycles. The summed E-state index contributed by atoms with van der Waals surface area (Å²) >= 11 is 6.20. The van der Waals surface area contributed by atoms with Crippen LogP contribution in [0.1, 0.15) is 23.9 Å². The van der Waals surface area contributed by atoms with E-state index >= 15 is 0 Å². The summed E-state index contributed by atoms with van der Waals surface area (Å²) in [6.45, 7) is 6.01. The first-order valence-electron chi connectivity index (χ1n) is 11.5. The summed E-state index contributed by atoms with van der Waals surface area (Å²) in [5.41, 5.74) is 2.05. The van der Waals surface area contributed by atoms with Crippen molar-refractivity contribution in [1.82, 2.24) is 9.55 Å². The van der Waals surface area contributed by atoms with E-state index in [0.29, 0.717) is 16.3 Å². The maximum absolute atomic E-state index is 14.9. The van der Waals surface area contributed by atoms with Gasteiger partial charge in [0.2, 0.25) is 5.89 Å². The van der Waals surface area contributed by atoms with Crippen LogP contribution in [0.2, 0.25) is 5.02 Å². The Bertz CT molecular complexity index is 1480. The number of pyridine rings is 1. The van der Waals surface area contributed by atoms with Crippen LogP contribution in [0.25, 0.3) is 28.3 Å². The zero-order valence-electron chi connectivity index (χ0n) is 21.2. The molecule has 0 aliphatic heterocycles. The molecule has 0 aliphatic rings. The molecule has 0 saturated carbocycles. The van der Waals surface area contributed by atoms with Crippen LogP contribution in [-0.4, -0.2) is 37.0 Å². The summed E-state index contributed by atoms with van der Waals surface area (Å²) < 4.78 is 47.1. The topological polar surface area (TPSA) is 66.5 Å². The predicted molar refractivity (Wildman–Crippen MR) is 138 cm³/mol. The van der Waals surface area contributed by atoms with E-state index in [2.05, 4.69) is 0 Å². The number of halogens is 3. The molecule has 0 amide bonds. The largest absolute Gasteiger partial charge is 0.439 e. The van der Waals surface area contributed by atoms with Crippen molar-refractivity contribution in [3.05, 3.63) is 92.7 Å². The van der Waals surface area contributed by atoms with Gasteiger partial charge in [0.25, 0.3) is 5.56 Å². The van der Waals surface area contributed by atoms with Crippen LogP contribution in [0, 0.1) is 25.5 Å². The van der Waals surface area contributed by atoms with Gasteiger partial charge in [-0.1, -0.05) is 11.6 Å². The average molecular weight is 529 g/mol. The van der Waals surface area contributed by atoms with Gasteiger partial charge in [0.05, 0.1) is 29.9 Å². The van der Waals surface area contributed by atoms with E-state index in [1.165, 1.54) is 16.7 Å². The maximum Gasteiger partial charge on any atom is 0.255 e. The molecule has 0 aliphatic carbocycles. The van der Waals surface area contributed by atoms with Gasteiger partial charge in [-0.15, -0.1) is 0 Å². The third-order valence-corrected chi connectivity index (χ3v) is 6.34. The lowest BCUT2D eigenvalue weighted by atomic mass is 9.93.